The highest BCUT2D eigenvalue weighted by Crippen LogP contribution is 2.29. The molecular weight excluding hydrogens is 360 g/mol. The molecule has 1 aromatic carbocycles. The standard InChI is InChI=1S/C18H28N2O3S.ClH/c1-3-5-12-19(13-6-4-2)14-9-15-20-18(21)16-10-7-8-11-17(16)24(20,22)23;/h7-8,10-11H,3-6,9,12-15H2,1-2H3;1H. The molecule has 25 heavy (non-hydrogen) atoms. The van der Waals surface area contributed by atoms with E-state index >= 15 is 0 Å². The van der Waals surface area contributed by atoms with Gasteiger partial charge in [-0.3, -0.25) is 4.79 Å². The van der Waals surface area contributed by atoms with E-state index in [2.05, 4.69) is 18.7 Å². The molecule has 0 aromatic heterocycles. The summed E-state index contributed by atoms with van der Waals surface area (Å²) in [6, 6.07) is 6.46. The molecule has 0 saturated carbocycles. The normalized spacial score (nSPS) is 15.3. The summed E-state index contributed by atoms with van der Waals surface area (Å²) in [4.78, 5) is 14.9. The third kappa shape index (κ3) is 5.19. The summed E-state index contributed by atoms with van der Waals surface area (Å²) in [5.74, 6) is -0.390. The molecule has 1 heterocycles. The van der Waals surface area contributed by atoms with Crippen LogP contribution in [-0.2, 0) is 10.0 Å². The molecule has 0 radical (unpaired) electrons. The molecule has 0 bridgehead atoms. The molecule has 1 amide bonds. The Kier molecular flexibility index (Phi) is 8.89. The first kappa shape index (κ1) is 21.9. The van der Waals surface area contributed by atoms with Crippen molar-refractivity contribution in [1.82, 2.24) is 9.21 Å². The lowest BCUT2D eigenvalue weighted by atomic mass is 10.2. The maximum absolute atomic E-state index is 12.5. The molecule has 0 unspecified atom stereocenters. The Balaban J connectivity index is 0.00000312. The monoisotopic (exact) mass is 388 g/mol. The second kappa shape index (κ2) is 10.1. The van der Waals surface area contributed by atoms with E-state index in [9.17, 15) is 13.2 Å². The van der Waals surface area contributed by atoms with E-state index in [1.54, 1.807) is 18.2 Å². The van der Waals surface area contributed by atoms with E-state index in [1.165, 1.54) is 6.07 Å². The van der Waals surface area contributed by atoms with Crippen molar-refractivity contribution in [3.05, 3.63) is 29.8 Å². The lowest BCUT2D eigenvalue weighted by molar-refractivity contribution is 0.0866. The van der Waals surface area contributed by atoms with E-state index in [4.69, 9.17) is 0 Å². The Morgan fingerprint density at radius 2 is 1.52 bits per heavy atom. The van der Waals surface area contributed by atoms with Gasteiger partial charge in [0, 0.05) is 6.54 Å². The van der Waals surface area contributed by atoms with Gasteiger partial charge in [0.25, 0.3) is 15.9 Å². The van der Waals surface area contributed by atoms with Crippen molar-refractivity contribution >= 4 is 28.3 Å². The first-order valence-corrected chi connectivity index (χ1v) is 10.3. The quantitative estimate of drug-likeness (QED) is 0.615. The zero-order chi connectivity index (χ0) is 17.6. The minimum Gasteiger partial charge on any atom is -0.303 e. The summed E-state index contributed by atoms with van der Waals surface area (Å²) in [7, 11) is -3.66. The van der Waals surface area contributed by atoms with E-state index in [0.29, 0.717) is 12.0 Å². The van der Waals surface area contributed by atoms with E-state index in [1.807, 2.05) is 0 Å². The summed E-state index contributed by atoms with van der Waals surface area (Å²) < 4.78 is 26.0. The minimum atomic E-state index is -3.66. The molecule has 142 valence electrons. The van der Waals surface area contributed by atoms with Crippen LogP contribution < -0.4 is 0 Å². The number of rotatable bonds is 10. The highest BCUT2D eigenvalue weighted by molar-refractivity contribution is 7.90. The van der Waals surface area contributed by atoms with Gasteiger partial charge in [-0.1, -0.05) is 38.8 Å². The van der Waals surface area contributed by atoms with E-state index in [-0.39, 0.29) is 29.8 Å². The van der Waals surface area contributed by atoms with Crippen molar-refractivity contribution in [2.75, 3.05) is 26.2 Å². The van der Waals surface area contributed by atoms with Gasteiger partial charge >= 0.3 is 0 Å². The topological polar surface area (TPSA) is 57.7 Å². The van der Waals surface area contributed by atoms with Crippen LogP contribution in [-0.4, -0.2) is 49.7 Å². The largest absolute Gasteiger partial charge is 0.303 e. The second-order valence-electron chi connectivity index (χ2n) is 6.28. The number of halogens is 1. The van der Waals surface area contributed by atoms with Crippen LogP contribution in [0, 0.1) is 0 Å². The van der Waals surface area contributed by atoms with Gasteiger partial charge in [-0.05, 0) is 51.0 Å². The number of hydrogen-bond donors (Lipinski definition) is 0. The molecule has 0 fully saturated rings. The minimum absolute atomic E-state index is 0. The number of nitrogens with zero attached hydrogens (tertiary/aromatic N) is 2. The van der Waals surface area contributed by atoms with Crippen molar-refractivity contribution < 1.29 is 13.2 Å². The number of hydrogen-bond acceptors (Lipinski definition) is 4. The van der Waals surface area contributed by atoms with Crippen molar-refractivity contribution in [2.45, 2.75) is 50.8 Å². The number of carbonyl (C=O) groups excluding carboxylic acids is 1. The molecule has 1 aliphatic heterocycles. The third-order valence-corrected chi connectivity index (χ3v) is 6.24. The number of carbonyl (C=O) groups is 1. The summed E-state index contributed by atoms with van der Waals surface area (Å²) in [5.41, 5.74) is 0.298. The maximum atomic E-state index is 12.5. The van der Waals surface area contributed by atoms with Crippen LogP contribution in [0.25, 0.3) is 0 Å². The van der Waals surface area contributed by atoms with Gasteiger partial charge in [0.1, 0.15) is 4.90 Å². The number of unbranched alkanes of at least 4 members (excludes halogenated alkanes) is 2. The smallest absolute Gasteiger partial charge is 0.269 e. The van der Waals surface area contributed by atoms with Gasteiger partial charge in [-0.2, -0.15) is 0 Å². The second-order valence-corrected chi connectivity index (χ2v) is 8.11. The van der Waals surface area contributed by atoms with Crippen molar-refractivity contribution in [2.24, 2.45) is 0 Å². The summed E-state index contributed by atoms with van der Waals surface area (Å²) >= 11 is 0. The van der Waals surface area contributed by atoms with Gasteiger partial charge in [0.05, 0.1) is 5.56 Å². The molecular formula is C18H29ClN2O3S. The van der Waals surface area contributed by atoms with Crippen molar-refractivity contribution in [3.63, 3.8) is 0 Å². The van der Waals surface area contributed by atoms with E-state index in [0.717, 1.165) is 49.6 Å². The van der Waals surface area contributed by atoms with Crippen LogP contribution in [0.3, 0.4) is 0 Å². The molecule has 0 aliphatic carbocycles. The molecule has 1 aromatic rings. The molecule has 7 heteroatoms. The van der Waals surface area contributed by atoms with Gasteiger partial charge in [0.2, 0.25) is 0 Å². The van der Waals surface area contributed by atoms with Crippen LogP contribution in [0.4, 0.5) is 0 Å². The molecule has 5 nitrogen and oxygen atoms in total. The zero-order valence-electron chi connectivity index (χ0n) is 15.1. The molecule has 0 N–H and O–H groups in total. The summed E-state index contributed by atoms with van der Waals surface area (Å²) in [6.45, 7) is 7.50. The molecule has 0 saturated heterocycles. The first-order valence-electron chi connectivity index (χ1n) is 8.90. The Morgan fingerprint density at radius 1 is 0.960 bits per heavy atom. The Hall–Kier alpha value is -1.11. The van der Waals surface area contributed by atoms with E-state index < -0.39 is 10.0 Å². The molecule has 0 spiro atoms. The van der Waals surface area contributed by atoms with Gasteiger partial charge in [0.15, 0.2) is 0 Å². The number of amides is 1. The van der Waals surface area contributed by atoms with Crippen molar-refractivity contribution in [1.29, 1.82) is 0 Å². The lowest BCUT2D eigenvalue weighted by Crippen LogP contribution is -2.34. The first-order chi connectivity index (χ1) is 11.5. The predicted molar refractivity (Wildman–Crippen MR) is 103 cm³/mol. The average Bonchev–Trinajstić information content (AvgIpc) is 2.77. The van der Waals surface area contributed by atoms with Crippen LogP contribution in [0.5, 0.6) is 0 Å². The highest BCUT2D eigenvalue weighted by atomic mass is 35.5. The van der Waals surface area contributed by atoms with Gasteiger partial charge in [-0.15, -0.1) is 12.4 Å². The number of sulfonamides is 1. The van der Waals surface area contributed by atoms with Crippen molar-refractivity contribution in [3.8, 4) is 0 Å². The Morgan fingerprint density at radius 3 is 2.08 bits per heavy atom. The predicted octanol–water partition coefficient (Wildman–Crippen LogP) is 3.55. The van der Waals surface area contributed by atoms with Crippen LogP contribution in [0.1, 0.15) is 56.3 Å². The Labute approximate surface area is 157 Å². The zero-order valence-corrected chi connectivity index (χ0v) is 16.7. The summed E-state index contributed by atoms with van der Waals surface area (Å²) in [6.07, 6.45) is 5.27. The summed E-state index contributed by atoms with van der Waals surface area (Å²) in [5, 5.41) is 0. The Bertz CT molecular complexity index is 656. The average molecular weight is 389 g/mol. The number of fused-ring (bicyclic) bond motifs is 1. The fraction of sp³-hybridized carbons (Fsp3) is 0.611. The van der Waals surface area contributed by atoms with Gasteiger partial charge < -0.3 is 4.90 Å². The molecule has 2 rings (SSSR count). The van der Waals surface area contributed by atoms with Gasteiger partial charge in [-0.25, -0.2) is 12.7 Å². The number of benzene rings is 1. The molecule has 1 aliphatic rings. The fourth-order valence-electron chi connectivity index (χ4n) is 2.99. The SMILES string of the molecule is CCCCN(CCCC)CCCN1C(=O)c2ccccc2S1(=O)=O.Cl. The lowest BCUT2D eigenvalue weighted by Gasteiger charge is -2.23. The highest BCUT2D eigenvalue weighted by Gasteiger charge is 2.40. The third-order valence-electron chi connectivity index (χ3n) is 4.40. The van der Waals surface area contributed by atoms with Crippen LogP contribution in [0.15, 0.2) is 29.2 Å². The molecule has 0 atom stereocenters. The van der Waals surface area contributed by atoms with Crippen LogP contribution in [0.2, 0.25) is 0 Å². The van der Waals surface area contributed by atoms with Crippen LogP contribution >= 0.6 is 12.4 Å². The fourth-order valence-corrected chi connectivity index (χ4v) is 4.60. The maximum Gasteiger partial charge on any atom is 0.269 e.